The first-order valence-corrected chi connectivity index (χ1v) is 8.65. The zero-order chi connectivity index (χ0) is 18.7. The monoisotopic (exact) mass is 371 g/mol. The lowest BCUT2D eigenvalue weighted by atomic mass is 10.1. The molecule has 3 aromatic rings. The number of aryl methyl sites for hydroxylation is 1. The van der Waals surface area contributed by atoms with Gasteiger partial charge < -0.3 is 14.5 Å². The van der Waals surface area contributed by atoms with E-state index in [1.165, 1.54) is 25.4 Å². The summed E-state index contributed by atoms with van der Waals surface area (Å²) >= 11 is 1.33. The van der Waals surface area contributed by atoms with Crippen molar-refractivity contribution in [3.63, 3.8) is 0 Å². The molecule has 2 heterocycles. The number of methoxy groups -OCH3 is 1. The van der Waals surface area contributed by atoms with Gasteiger partial charge in [0.2, 0.25) is 5.91 Å². The van der Waals surface area contributed by atoms with Gasteiger partial charge in [0, 0.05) is 13.3 Å². The number of carbonyl (C=O) groups is 2. The van der Waals surface area contributed by atoms with Crippen molar-refractivity contribution in [1.29, 1.82) is 0 Å². The Morgan fingerprint density at radius 2 is 2.15 bits per heavy atom. The van der Waals surface area contributed by atoms with Gasteiger partial charge >= 0.3 is 5.97 Å². The molecule has 1 amide bonds. The minimum absolute atomic E-state index is 0.172. The standard InChI is InChI=1S/C18H17N3O4S/c1-10-16(26-18(20-10)21-11(2)22)14-9-19-15(25-14)8-12-5-4-6-13(7-12)17(23)24-3/h4-7,9H,8H2,1-3H3,(H,20,21,22). The zero-order valence-corrected chi connectivity index (χ0v) is 15.3. The molecule has 0 aliphatic rings. The highest BCUT2D eigenvalue weighted by molar-refractivity contribution is 7.19. The number of ether oxygens (including phenoxy) is 1. The van der Waals surface area contributed by atoms with Gasteiger partial charge in [-0.1, -0.05) is 23.5 Å². The van der Waals surface area contributed by atoms with E-state index in [4.69, 9.17) is 9.15 Å². The molecule has 26 heavy (non-hydrogen) atoms. The van der Waals surface area contributed by atoms with Crippen LogP contribution in [0.2, 0.25) is 0 Å². The molecular formula is C18H17N3O4S. The van der Waals surface area contributed by atoms with Crippen LogP contribution in [0.25, 0.3) is 10.6 Å². The van der Waals surface area contributed by atoms with Crippen molar-refractivity contribution >= 4 is 28.3 Å². The van der Waals surface area contributed by atoms with Gasteiger partial charge in [0.05, 0.1) is 29.4 Å². The first-order chi connectivity index (χ1) is 12.5. The van der Waals surface area contributed by atoms with Crippen LogP contribution in [-0.4, -0.2) is 29.0 Å². The van der Waals surface area contributed by atoms with Crippen molar-refractivity contribution in [3.05, 3.63) is 53.2 Å². The third-order valence-electron chi connectivity index (χ3n) is 3.56. The van der Waals surface area contributed by atoms with E-state index in [2.05, 4.69) is 15.3 Å². The Morgan fingerprint density at radius 1 is 1.35 bits per heavy atom. The minimum Gasteiger partial charge on any atom is -0.465 e. The molecule has 0 radical (unpaired) electrons. The Labute approximate surface area is 154 Å². The van der Waals surface area contributed by atoms with Crippen molar-refractivity contribution in [3.8, 4) is 10.6 Å². The van der Waals surface area contributed by atoms with E-state index in [1.54, 1.807) is 24.4 Å². The van der Waals surface area contributed by atoms with Crippen LogP contribution in [-0.2, 0) is 16.0 Å². The van der Waals surface area contributed by atoms with E-state index in [1.807, 2.05) is 13.0 Å². The molecule has 0 aliphatic heterocycles. The average molecular weight is 371 g/mol. The predicted octanol–water partition coefficient (Wildman–Crippen LogP) is 3.44. The molecule has 0 spiro atoms. The molecule has 0 fully saturated rings. The number of hydrogen-bond donors (Lipinski definition) is 1. The number of thiazole rings is 1. The topological polar surface area (TPSA) is 94.3 Å². The maximum Gasteiger partial charge on any atom is 0.337 e. The quantitative estimate of drug-likeness (QED) is 0.691. The van der Waals surface area contributed by atoms with Gasteiger partial charge in [0.15, 0.2) is 16.8 Å². The summed E-state index contributed by atoms with van der Waals surface area (Å²) in [6, 6.07) is 7.13. The summed E-state index contributed by atoms with van der Waals surface area (Å²) in [6.07, 6.45) is 2.08. The number of hydrogen-bond acceptors (Lipinski definition) is 7. The van der Waals surface area contributed by atoms with Crippen LogP contribution in [0.4, 0.5) is 5.13 Å². The number of anilines is 1. The predicted molar refractivity (Wildman–Crippen MR) is 97.2 cm³/mol. The highest BCUT2D eigenvalue weighted by atomic mass is 32.1. The molecule has 0 unspecified atom stereocenters. The number of nitrogens with one attached hydrogen (secondary N) is 1. The Kier molecular flexibility index (Phi) is 5.13. The number of benzene rings is 1. The van der Waals surface area contributed by atoms with E-state index in [0.717, 1.165) is 16.1 Å². The molecule has 3 rings (SSSR count). The van der Waals surface area contributed by atoms with Gasteiger partial charge in [-0.15, -0.1) is 0 Å². The number of esters is 1. The number of amides is 1. The van der Waals surface area contributed by atoms with Crippen molar-refractivity contribution in [2.45, 2.75) is 20.3 Å². The van der Waals surface area contributed by atoms with Crippen molar-refractivity contribution in [2.75, 3.05) is 12.4 Å². The highest BCUT2D eigenvalue weighted by Crippen LogP contribution is 2.33. The first-order valence-electron chi connectivity index (χ1n) is 7.83. The Balaban J connectivity index is 1.79. The number of aromatic nitrogens is 2. The zero-order valence-electron chi connectivity index (χ0n) is 14.5. The van der Waals surface area contributed by atoms with Crippen LogP contribution in [0, 0.1) is 6.92 Å². The lowest BCUT2D eigenvalue weighted by Crippen LogP contribution is -2.04. The molecule has 0 saturated heterocycles. The smallest absolute Gasteiger partial charge is 0.337 e. The number of nitrogens with zero attached hydrogens (tertiary/aromatic N) is 2. The van der Waals surface area contributed by atoms with Crippen LogP contribution >= 0.6 is 11.3 Å². The van der Waals surface area contributed by atoms with E-state index in [9.17, 15) is 9.59 Å². The lowest BCUT2D eigenvalue weighted by molar-refractivity contribution is -0.114. The lowest BCUT2D eigenvalue weighted by Gasteiger charge is -2.02. The van der Waals surface area contributed by atoms with Crippen LogP contribution in [0.1, 0.15) is 34.4 Å². The fourth-order valence-electron chi connectivity index (χ4n) is 2.43. The number of rotatable bonds is 5. The van der Waals surface area contributed by atoms with Crippen LogP contribution in [0.5, 0.6) is 0 Å². The molecule has 0 atom stereocenters. The summed E-state index contributed by atoms with van der Waals surface area (Å²) in [6.45, 7) is 3.28. The van der Waals surface area contributed by atoms with Gasteiger partial charge in [-0.05, 0) is 24.6 Å². The SMILES string of the molecule is COC(=O)c1cccc(Cc2ncc(-c3sc(NC(C)=O)nc3C)o2)c1. The third-order valence-corrected chi connectivity index (χ3v) is 4.65. The molecule has 0 bridgehead atoms. The second kappa shape index (κ2) is 7.49. The average Bonchev–Trinajstić information content (AvgIpc) is 3.20. The van der Waals surface area contributed by atoms with Gasteiger partial charge in [-0.3, -0.25) is 4.79 Å². The molecule has 8 heteroatoms. The van der Waals surface area contributed by atoms with Crippen LogP contribution < -0.4 is 5.32 Å². The number of carbonyl (C=O) groups excluding carboxylic acids is 2. The summed E-state index contributed by atoms with van der Waals surface area (Å²) in [7, 11) is 1.35. The van der Waals surface area contributed by atoms with Crippen LogP contribution in [0.3, 0.4) is 0 Å². The third kappa shape index (κ3) is 3.97. The molecule has 2 aromatic heterocycles. The second-order valence-corrected chi connectivity index (χ2v) is 6.60. The van der Waals surface area contributed by atoms with Crippen molar-refractivity contribution < 1.29 is 18.7 Å². The summed E-state index contributed by atoms with van der Waals surface area (Å²) in [5.41, 5.74) is 2.13. The fourth-order valence-corrected chi connectivity index (χ4v) is 3.39. The molecule has 0 aliphatic carbocycles. The Hall–Kier alpha value is -3.00. The largest absolute Gasteiger partial charge is 0.465 e. The van der Waals surface area contributed by atoms with Crippen LogP contribution in [0.15, 0.2) is 34.9 Å². The van der Waals surface area contributed by atoms with E-state index in [0.29, 0.717) is 28.8 Å². The summed E-state index contributed by atoms with van der Waals surface area (Å²) in [4.78, 5) is 32.2. The van der Waals surface area contributed by atoms with Crippen molar-refractivity contribution in [2.24, 2.45) is 0 Å². The molecule has 1 N–H and O–H groups in total. The van der Waals surface area contributed by atoms with Gasteiger partial charge in [-0.2, -0.15) is 0 Å². The van der Waals surface area contributed by atoms with Crippen molar-refractivity contribution in [1.82, 2.24) is 9.97 Å². The Bertz CT molecular complexity index is 961. The van der Waals surface area contributed by atoms with E-state index < -0.39 is 0 Å². The number of oxazole rings is 1. The molecular weight excluding hydrogens is 354 g/mol. The second-order valence-electron chi connectivity index (χ2n) is 5.60. The van der Waals surface area contributed by atoms with E-state index >= 15 is 0 Å². The van der Waals surface area contributed by atoms with Gasteiger partial charge in [0.25, 0.3) is 0 Å². The molecule has 1 aromatic carbocycles. The maximum atomic E-state index is 11.6. The van der Waals surface area contributed by atoms with E-state index in [-0.39, 0.29) is 11.9 Å². The summed E-state index contributed by atoms with van der Waals surface area (Å²) < 4.78 is 10.6. The first kappa shape index (κ1) is 17.8. The normalized spacial score (nSPS) is 10.6. The summed E-state index contributed by atoms with van der Waals surface area (Å²) in [5.74, 6) is 0.561. The highest BCUT2D eigenvalue weighted by Gasteiger charge is 2.15. The Morgan fingerprint density at radius 3 is 2.88 bits per heavy atom. The summed E-state index contributed by atoms with van der Waals surface area (Å²) in [5, 5.41) is 3.19. The van der Waals surface area contributed by atoms with Gasteiger partial charge in [-0.25, -0.2) is 14.8 Å². The van der Waals surface area contributed by atoms with Gasteiger partial charge in [0.1, 0.15) is 0 Å². The fraction of sp³-hybridized carbons (Fsp3) is 0.222. The molecule has 134 valence electrons. The molecule has 7 nitrogen and oxygen atoms in total. The minimum atomic E-state index is -0.384. The molecule has 0 saturated carbocycles. The maximum absolute atomic E-state index is 11.6.